The van der Waals surface area contributed by atoms with Gasteiger partial charge in [-0.25, -0.2) is 0 Å². The molecule has 0 fully saturated rings. The van der Waals surface area contributed by atoms with Gasteiger partial charge in [0.25, 0.3) is 6.71 Å². The molecule has 2 aliphatic rings. The van der Waals surface area contributed by atoms with Crippen molar-refractivity contribution >= 4 is 74.3 Å². The first kappa shape index (κ1) is 56.5. The first-order chi connectivity index (χ1) is 37.1. The van der Waals surface area contributed by atoms with Crippen LogP contribution < -0.4 is 31.1 Å². The van der Waals surface area contributed by atoms with Crippen molar-refractivity contribution in [2.45, 2.75) is 183 Å². The first-order valence-electron chi connectivity index (χ1n) is 29.5. The van der Waals surface area contributed by atoms with E-state index in [1.54, 1.807) is 0 Å². The monoisotopic (exact) mass is 1060 g/mol. The van der Waals surface area contributed by atoms with Crippen LogP contribution in [0.3, 0.4) is 0 Å². The maximum atomic E-state index is 2.66. The average Bonchev–Trinajstić information content (AvgIpc) is 3.51. The fraction of sp³-hybridized carbons (Fsp3) is 0.368. The van der Waals surface area contributed by atoms with Gasteiger partial charge in [-0.15, -0.1) is 0 Å². The Kier molecular flexibility index (Phi) is 13.7. The Morgan fingerprint density at radius 2 is 0.588 bits per heavy atom. The molecule has 3 nitrogen and oxygen atoms in total. The SMILES string of the molecule is CC(C)(C)c1ccc(-c2cc(C(C)(C)C)ccc2N2c3ccc(C(C)(C)C)cc3B3c4cc(C(C)(C)C)ccc4N(c4ccc(C(C)(C)C)cc4)c4cc(N(c5ccc(C(C)(C)C)cc5)c5ccc(C(C)(C)C)cc5)cc2c43)cc1. The third-order valence-corrected chi connectivity index (χ3v) is 17.2. The Labute approximate surface area is 483 Å². The molecule has 0 aliphatic carbocycles. The highest BCUT2D eigenvalue weighted by Gasteiger charge is 2.45. The van der Waals surface area contributed by atoms with Gasteiger partial charge in [-0.1, -0.05) is 236 Å². The molecule has 412 valence electrons. The summed E-state index contributed by atoms with van der Waals surface area (Å²) in [6.45, 7) is 48.8. The van der Waals surface area contributed by atoms with Crippen LogP contribution in [-0.4, -0.2) is 6.71 Å². The molecule has 0 atom stereocenters. The molecule has 2 heterocycles. The largest absolute Gasteiger partial charge is 0.311 e. The zero-order valence-corrected chi connectivity index (χ0v) is 52.5. The van der Waals surface area contributed by atoms with E-state index >= 15 is 0 Å². The summed E-state index contributed by atoms with van der Waals surface area (Å²) in [5.41, 5.74) is 25.8. The topological polar surface area (TPSA) is 9.72 Å². The van der Waals surface area contributed by atoms with E-state index in [-0.39, 0.29) is 44.6 Å². The van der Waals surface area contributed by atoms with Gasteiger partial charge < -0.3 is 14.7 Å². The van der Waals surface area contributed by atoms with Crippen molar-refractivity contribution in [3.63, 3.8) is 0 Å². The summed E-state index contributed by atoms with van der Waals surface area (Å²) in [6, 6.07) is 64.7. The molecule has 0 N–H and O–H groups in total. The lowest BCUT2D eigenvalue weighted by atomic mass is 9.33. The third kappa shape index (κ3) is 10.6. The van der Waals surface area contributed by atoms with Crippen molar-refractivity contribution in [2.75, 3.05) is 14.7 Å². The maximum absolute atomic E-state index is 2.66. The zero-order valence-electron chi connectivity index (χ0n) is 52.5. The summed E-state index contributed by atoms with van der Waals surface area (Å²) in [5.74, 6) is 0. The maximum Gasteiger partial charge on any atom is 0.252 e. The minimum absolute atomic E-state index is 0.0000650. The second-order valence-electron chi connectivity index (χ2n) is 30.6. The van der Waals surface area contributed by atoms with Gasteiger partial charge in [0.2, 0.25) is 0 Å². The predicted octanol–water partition coefficient (Wildman–Crippen LogP) is 20.0. The molecule has 10 rings (SSSR count). The summed E-state index contributed by atoms with van der Waals surface area (Å²) in [4.78, 5) is 7.76. The van der Waals surface area contributed by atoms with Crippen molar-refractivity contribution in [2.24, 2.45) is 0 Å². The van der Waals surface area contributed by atoms with E-state index in [1.165, 1.54) is 89.2 Å². The van der Waals surface area contributed by atoms with Gasteiger partial charge in [0.15, 0.2) is 0 Å². The molecule has 4 heteroatoms. The standard InChI is InChI=1S/C76H90BN3/c1-70(2,3)50-24-22-49(23-25-50)61-44-54(74(13,14)15)32-41-64(61)80-66-43-34-56(76(19,20)21)46-63(66)77-62-45-55(75(16,17)18)33-42-65(62)79(59-39-30-53(31-40-59)73(10,11)12)67-47-60(48-68(80)69(67)77)78(57-35-26-51(27-36-57)71(4,5)6)58-37-28-52(29-38-58)72(7,8)9/h22-48H,1-21H3. The highest BCUT2D eigenvalue weighted by Crippen LogP contribution is 2.51. The molecule has 0 amide bonds. The van der Waals surface area contributed by atoms with Crippen LogP contribution in [0.5, 0.6) is 0 Å². The zero-order chi connectivity index (χ0) is 58.0. The summed E-state index contributed by atoms with van der Waals surface area (Å²) >= 11 is 0. The lowest BCUT2D eigenvalue weighted by molar-refractivity contribution is 0.589. The van der Waals surface area contributed by atoms with E-state index < -0.39 is 0 Å². The highest BCUT2D eigenvalue weighted by atomic mass is 15.2. The molecule has 0 bridgehead atoms. The van der Waals surface area contributed by atoms with Crippen LogP contribution in [0.1, 0.15) is 184 Å². The van der Waals surface area contributed by atoms with E-state index in [0.717, 1.165) is 28.4 Å². The van der Waals surface area contributed by atoms with Gasteiger partial charge in [0.1, 0.15) is 0 Å². The second-order valence-corrected chi connectivity index (χ2v) is 30.6. The Hall–Kier alpha value is -6.78. The highest BCUT2D eigenvalue weighted by molar-refractivity contribution is 7.00. The summed E-state index contributed by atoms with van der Waals surface area (Å²) in [6.07, 6.45) is 0. The Bertz CT molecular complexity index is 3550. The van der Waals surface area contributed by atoms with Crippen LogP contribution in [0.4, 0.5) is 51.2 Å². The normalized spacial score (nSPS) is 14.0. The molecule has 0 spiro atoms. The Balaban J connectivity index is 1.38. The van der Waals surface area contributed by atoms with E-state index in [9.17, 15) is 0 Å². The first-order valence-corrected chi connectivity index (χ1v) is 29.5. The number of anilines is 9. The Morgan fingerprint density at radius 3 is 0.975 bits per heavy atom. The molecule has 0 unspecified atom stereocenters. The van der Waals surface area contributed by atoms with Crippen molar-refractivity contribution < 1.29 is 0 Å². The van der Waals surface area contributed by atoms with Crippen LogP contribution in [0, 0.1) is 0 Å². The van der Waals surface area contributed by atoms with Crippen LogP contribution in [0.15, 0.2) is 164 Å². The number of hydrogen-bond donors (Lipinski definition) is 0. The molecule has 8 aromatic carbocycles. The molecule has 80 heavy (non-hydrogen) atoms. The summed E-state index contributed by atoms with van der Waals surface area (Å²) in [5, 5.41) is 0. The number of rotatable bonds is 6. The Morgan fingerprint density at radius 1 is 0.275 bits per heavy atom. The molecule has 8 aromatic rings. The summed E-state index contributed by atoms with van der Waals surface area (Å²) in [7, 11) is 0. The smallest absolute Gasteiger partial charge is 0.252 e. The van der Waals surface area contributed by atoms with E-state index in [0.29, 0.717) is 0 Å². The van der Waals surface area contributed by atoms with Crippen molar-refractivity contribution in [3.05, 3.63) is 203 Å². The minimum atomic E-state index is -0.0850. The number of fused-ring (bicyclic) bond motifs is 4. The van der Waals surface area contributed by atoms with E-state index in [2.05, 4.69) is 324 Å². The average molecular weight is 1060 g/mol. The molecule has 0 saturated heterocycles. The number of benzene rings is 8. The van der Waals surface area contributed by atoms with Gasteiger partial charge in [0.05, 0.1) is 11.4 Å². The van der Waals surface area contributed by atoms with Gasteiger partial charge in [-0.2, -0.15) is 0 Å². The van der Waals surface area contributed by atoms with Crippen molar-refractivity contribution in [1.82, 2.24) is 0 Å². The summed E-state index contributed by atoms with van der Waals surface area (Å²) < 4.78 is 0. The quantitative estimate of drug-likeness (QED) is 0.154. The van der Waals surface area contributed by atoms with Gasteiger partial charge >= 0.3 is 0 Å². The molecule has 2 aliphatic heterocycles. The van der Waals surface area contributed by atoms with Crippen LogP contribution >= 0.6 is 0 Å². The fourth-order valence-electron chi connectivity index (χ4n) is 11.9. The lowest BCUT2D eigenvalue weighted by Crippen LogP contribution is -2.61. The minimum Gasteiger partial charge on any atom is -0.311 e. The molecule has 0 aromatic heterocycles. The van der Waals surface area contributed by atoms with Crippen LogP contribution in [0.2, 0.25) is 0 Å². The third-order valence-electron chi connectivity index (χ3n) is 17.2. The van der Waals surface area contributed by atoms with Gasteiger partial charge in [-0.3, -0.25) is 0 Å². The number of hydrogen-bond acceptors (Lipinski definition) is 3. The fourth-order valence-corrected chi connectivity index (χ4v) is 11.9. The van der Waals surface area contributed by atoms with Gasteiger partial charge in [-0.05, 0) is 172 Å². The lowest BCUT2D eigenvalue weighted by Gasteiger charge is -2.46. The van der Waals surface area contributed by atoms with E-state index in [1.807, 2.05) is 0 Å². The second kappa shape index (κ2) is 19.5. The van der Waals surface area contributed by atoms with E-state index in [4.69, 9.17) is 0 Å². The van der Waals surface area contributed by atoms with Gasteiger partial charge in [0, 0.05) is 45.4 Å². The number of nitrogens with zero attached hydrogens (tertiary/aromatic N) is 3. The molecule has 0 radical (unpaired) electrons. The predicted molar refractivity (Wildman–Crippen MR) is 351 cm³/mol. The van der Waals surface area contributed by atoms with Crippen LogP contribution in [0.25, 0.3) is 11.1 Å². The molecular weight excluding hydrogens is 966 g/mol. The van der Waals surface area contributed by atoms with Crippen molar-refractivity contribution in [3.8, 4) is 11.1 Å². The van der Waals surface area contributed by atoms with Crippen molar-refractivity contribution in [1.29, 1.82) is 0 Å². The molecule has 0 saturated carbocycles. The van der Waals surface area contributed by atoms with Crippen LogP contribution in [-0.2, 0) is 37.9 Å². The molecular formula is C76H90BN3.